The Bertz CT molecular complexity index is 620. The molecule has 0 saturated carbocycles. The minimum Gasteiger partial charge on any atom is -0.481 e. The Kier molecular flexibility index (Phi) is 14.7. The van der Waals surface area contributed by atoms with E-state index in [4.69, 9.17) is 5.11 Å². The molecular formula is C27H48O5. The molecule has 2 aliphatic rings. The van der Waals surface area contributed by atoms with Gasteiger partial charge >= 0.3 is 5.97 Å². The molecule has 5 atom stereocenters. The van der Waals surface area contributed by atoms with Crippen LogP contribution in [0.1, 0.15) is 99.8 Å². The molecule has 2 rings (SSSR count). The van der Waals surface area contributed by atoms with E-state index in [0.29, 0.717) is 37.0 Å². The van der Waals surface area contributed by atoms with Gasteiger partial charge in [-0.1, -0.05) is 45.9 Å². The lowest BCUT2D eigenvalue weighted by Gasteiger charge is -2.37. The van der Waals surface area contributed by atoms with Crippen LogP contribution >= 0.6 is 0 Å². The van der Waals surface area contributed by atoms with Gasteiger partial charge in [-0.2, -0.15) is 0 Å². The summed E-state index contributed by atoms with van der Waals surface area (Å²) in [5, 5.41) is 28.3. The largest absolute Gasteiger partial charge is 0.481 e. The molecule has 186 valence electrons. The Balaban J connectivity index is 0.000000814. The Morgan fingerprint density at radius 2 is 1.81 bits per heavy atom. The summed E-state index contributed by atoms with van der Waals surface area (Å²) in [7, 11) is 0. The van der Waals surface area contributed by atoms with Crippen LogP contribution in [0, 0.1) is 23.2 Å². The molecular weight excluding hydrogens is 404 g/mol. The number of carboxylic acids is 1. The number of hydrogen-bond donors (Lipinski definition) is 3. The zero-order valence-electron chi connectivity index (χ0n) is 21.4. The van der Waals surface area contributed by atoms with E-state index in [1.165, 1.54) is 31.8 Å². The predicted molar refractivity (Wildman–Crippen MR) is 131 cm³/mol. The molecule has 0 fully saturated rings. The van der Waals surface area contributed by atoms with Crippen LogP contribution in [0.4, 0.5) is 0 Å². The number of carboxylic acid groups (broad SMARTS) is 1. The number of carbonyl (C=O) groups is 2. The number of aliphatic carboxylic acids is 1. The van der Waals surface area contributed by atoms with E-state index in [9.17, 15) is 19.8 Å². The topological polar surface area (TPSA) is 94.8 Å². The first-order chi connectivity index (χ1) is 15.0. The van der Waals surface area contributed by atoms with Crippen molar-refractivity contribution >= 4 is 11.8 Å². The van der Waals surface area contributed by atoms with Crippen molar-refractivity contribution in [1.82, 2.24) is 0 Å². The van der Waals surface area contributed by atoms with E-state index in [2.05, 4.69) is 25.2 Å². The molecule has 0 aliphatic heterocycles. The number of rotatable bonds is 9. The molecule has 0 aromatic heterocycles. The standard InChI is InChI=1S/C19H30O3.C6H12O2.C2H6/c1-13-7-8-15-5-3-4-6-19(15)18(13)10-9-16(21)12-17(22)11-14(2)20;1-4-6(2,3)5(7)8;1-2/h5,7-8,13,16-19,21-22H,3-4,6,9-12H2,1-2H3;4H2,1-3H3,(H,7,8);1-2H3. The van der Waals surface area contributed by atoms with Crippen LogP contribution in [-0.4, -0.2) is 39.3 Å². The van der Waals surface area contributed by atoms with Crippen LogP contribution in [0.15, 0.2) is 23.8 Å². The molecule has 0 radical (unpaired) electrons. The van der Waals surface area contributed by atoms with Gasteiger partial charge in [0.15, 0.2) is 0 Å². The SMILES string of the molecule is CC.CC(=O)CC(O)CC(O)CCC1C(C)C=CC2=CCCCC21.CCC(C)(C)C(=O)O. The van der Waals surface area contributed by atoms with Crippen molar-refractivity contribution in [1.29, 1.82) is 0 Å². The molecule has 0 saturated heterocycles. The average Bonchev–Trinajstić information content (AvgIpc) is 2.74. The third kappa shape index (κ3) is 10.9. The lowest BCUT2D eigenvalue weighted by atomic mass is 9.68. The summed E-state index contributed by atoms with van der Waals surface area (Å²) < 4.78 is 0. The zero-order valence-corrected chi connectivity index (χ0v) is 21.4. The van der Waals surface area contributed by atoms with Crippen LogP contribution in [0.5, 0.6) is 0 Å². The monoisotopic (exact) mass is 452 g/mol. The van der Waals surface area contributed by atoms with Crippen molar-refractivity contribution in [2.24, 2.45) is 23.2 Å². The van der Waals surface area contributed by atoms with Crippen LogP contribution < -0.4 is 0 Å². The maximum atomic E-state index is 11.0. The predicted octanol–water partition coefficient (Wildman–Crippen LogP) is 5.94. The van der Waals surface area contributed by atoms with Crippen LogP contribution in [-0.2, 0) is 9.59 Å². The molecule has 0 spiro atoms. The number of aliphatic hydroxyl groups is 2. The highest BCUT2D eigenvalue weighted by molar-refractivity contribution is 5.75. The summed E-state index contributed by atoms with van der Waals surface area (Å²) in [5.74, 6) is 1.04. The van der Waals surface area contributed by atoms with Crippen molar-refractivity contribution in [3.8, 4) is 0 Å². The number of carbonyl (C=O) groups excluding carboxylic acids is 1. The van der Waals surface area contributed by atoms with Crippen LogP contribution in [0.3, 0.4) is 0 Å². The second-order valence-electron chi connectivity index (χ2n) is 9.69. The number of ketones is 1. The normalized spacial score (nSPS) is 23.9. The highest BCUT2D eigenvalue weighted by atomic mass is 16.4. The van der Waals surface area contributed by atoms with Crippen molar-refractivity contribution < 1.29 is 24.9 Å². The summed E-state index contributed by atoms with van der Waals surface area (Å²) in [6.07, 6.45) is 12.3. The zero-order chi connectivity index (χ0) is 24.9. The molecule has 0 heterocycles. The van der Waals surface area contributed by atoms with Gasteiger partial charge in [-0.25, -0.2) is 0 Å². The summed E-state index contributed by atoms with van der Waals surface area (Å²) in [5.41, 5.74) is 0.945. The fourth-order valence-electron chi connectivity index (χ4n) is 4.20. The molecule has 0 aromatic rings. The molecule has 5 nitrogen and oxygen atoms in total. The summed E-state index contributed by atoms with van der Waals surface area (Å²) in [6.45, 7) is 13.0. The van der Waals surface area contributed by atoms with E-state index in [1.807, 2.05) is 20.8 Å². The lowest BCUT2D eigenvalue weighted by Crippen LogP contribution is -2.29. The number of hydrogen-bond acceptors (Lipinski definition) is 4. The van der Waals surface area contributed by atoms with Gasteiger partial charge in [-0.05, 0) is 89.0 Å². The number of allylic oxidation sites excluding steroid dienone is 4. The van der Waals surface area contributed by atoms with E-state index in [-0.39, 0.29) is 12.2 Å². The van der Waals surface area contributed by atoms with Gasteiger partial charge < -0.3 is 15.3 Å². The lowest BCUT2D eigenvalue weighted by molar-refractivity contribution is -0.147. The van der Waals surface area contributed by atoms with E-state index in [0.717, 1.165) is 6.42 Å². The van der Waals surface area contributed by atoms with Gasteiger partial charge in [0.25, 0.3) is 0 Å². The average molecular weight is 453 g/mol. The minimum atomic E-state index is -0.722. The van der Waals surface area contributed by atoms with E-state index < -0.39 is 23.6 Å². The number of aliphatic hydroxyl groups excluding tert-OH is 2. The molecule has 32 heavy (non-hydrogen) atoms. The van der Waals surface area contributed by atoms with Crippen LogP contribution in [0.25, 0.3) is 0 Å². The Morgan fingerprint density at radius 3 is 2.31 bits per heavy atom. The minimum absolute atomic E-state index is 0.0253. The first kappa shape index (κ1) is 30.5. The molecule has 0 bridgehead atoms. The van der Waals surface area contributed by atoms with Gasteiger partial charge in [0.05, 0.1) is 17.6 Å². The van der Waals surface area contributed by atoms with Crippen molar-refractivity contribution in [2.45, 2.75) is 112 Å². The Morgan fingerprint density at radius 1 is 1.19 bits per heavy atom. The highest BCUT2D eigenvalue weighted by Gasteiger charge is 2.32. The van der Waals surface area contributed by atoms with Crippen molar-refractivity contribution in [3.05, 3.63) is 23.8 Å². The molecule has 0 amide bonds. The van der Waals surface area contributed by atoms with Crippen LogP contribution in [0.2, 0.25) is 0 Å². The van der Waals surface area contributed by atoms with Gasteiger partial charge in [0.2, 0.25) is 0 Å². The Hall–Kier alpha value is -1.46. The maximum absolute atomic E-state index is 11.0. The fourth-order valence-corrected chi connectivity index (χ4v) is 4.20. The summed E-state index contributed by atoms with van der Waals surface area (Å²) in [6, 6.07) is 0. The summed E-state index contributed by atoms with van der Waals surface area (Å²) in [4.78, 5) is 21.2. The molecule has 3 N–H and O–H groups in total. The molecule has 2 aliphatic carbocycles. The number of Topliss-reactive ketones (excluding diaryl/α,β-unsaturated/α-hetero) is 1. The van der Waals surface area contributed by atoms with Gasteiger partial charge in [-0.15, -0.1) is 0 Å². The number of fused-ring (bicyclic) bond motifs is 1. The molecule has 0 aromatic carbocycles. The second-order valence-corrected chi connectivity index (χ2v) is 9.69. The van der Waals surface area contributed by atoms with E-state index in [1.54, 1.807) is 13.8 Å². The Labute approximate surface area is 196 Å². The summed E-state index contributed by atoms with van der Waals surface area (Å²) >= 11 is 0. The van der Waals surface area contributed by atoms with Crippen molar-refractivity contribution in [3.63, 3.8) is 0 Å². The fraction of sp³-hybridized carbons (Fsp3) is 0.778. The highest BCUT2D eigenvalue weighted by Crippen LogP contribution is 2.42. The van der Waals surface area contributed by atoms with E-state index >= 15 is 0 Å². The quantitative estimate of drug-likeness (QED) is 0.402. The van der Waals surface area contributed by atoms with Gasteiger partial charge in [0.1, 0.15) is 5.78 Å². The van der Waals surface area contributed by atoms with Gasteiger partial charge in [0, 0.05) is 6.42 Å². The smallest absolute Gasteiger partial charge is 0.309 e. The molecule has 5 heteroatoms. The van der Waals surface area contributed by atoms with Crippen molar-refractivity contribution in [2.75, 3.05) is 0 Å². The third-order valence-electron chi connectivity index (χ3n) is 6.68. The maximum Gasteiger partial charge on any atom is 0.309 e. The first-order valence-corrected chi connectivity index (χ1v) is 12.4. The molecule has 5 unspecified atom stereocenters. The third-order valence-corrected chi connectivity index (χ3v) is 6.68. The first-order valence-electron chi connectivity index (χ1n) is 12.4. The second kappa shape index (κ2) is 15.4. The van der Waals surface area contributed by atoms with Gasteiger partial charge in [-0.3, -0.25) is 9.59 Å².